The van der Waals surface area contributed by atoms with Gasteiger partial charge in [-0.15, -0.1) is 10.2 Å². The number of anilines is 1. The van der Waals surface area contributed by atoms with Gasteiger partial charge in [0, 0.05) is 25.0 Å². The summed E-state index contributed by atoms with van der Waals surface area (Å²) < 4.78 is 0. The van der Waals surface area contributed by atoms with Gasteiger partial charge in [0.1, 0.15) is 5.82 Å². The van der Waals surface area contributed by atoms with Gasteiger partial charge in [0.2, 0.25) is 0 Å². The van der Waals surface area contributed by atoms with Crippen molar-refractivity contribution in [3.8, 4) is 0 Å². The molecular formula is C17H21N5O. The Bertz CT molecular complexity index is 623. The molecule has 0 unspecified atom stereocenters. The van der Waals surface area contributed by atoms with Crippen molar-refractivity contribution in [3.05, 3.63) is 47.9 Å². The van der Waals surface area contributed by atoms with Crippen molar-refractivity contribution in [1.82, 2.24) is 20.5 Å². The molecule has 0 bridgehead atoms. The van der Waals surface area contributed by atoms with E-state index in [1.165, 1.54) is 19.3 Å². The number of nitrogens with one attached hydrogen (secondary N) is 2. The summed E-state index contributed by atoms with van der Waals surface area (Å²) in [5.74, 6) is 0.506. The van der Waals surface area contributed by atoms with E-state index in [1.54, 1.807) is 24.5 Å². The Balaban J connectivity index is 1.52. The Morgan fingerprint density at radius 1 is 1.13 bits per heavy atom. The molecule has 0 spiro atoms. The van der Waals surface area contributed by atoms with E-state index in [0.29, 0.717) is 18.1 Å². The maximum atomic E-state index is 12.2. The Morgan fingerprint density at radius 3 is 2.70 bits per heavy atom. The fourth-order valence-electron chi connectivity index (χ4n) is 2.75. The SMILES string of the molecule is O=C(NC1CCCCC1)c1ccc(NCc2cccnc2)nn1. The maximum Gasteiger partial charge on any atom is 0.272 e. The number of carbonyl (C=O) groups excluding carboxylic acids is 1. The van der Waals surface area contributed by atoms with E-state index in [-0.39, 0.29) is 11.9 Å². The third-order valence-corrected chi connectivity index (χ3v) is 4.03. The predicted molar refractivity (Wildman–Crippen MR) is 87.9 cm³/mol. The van der Waals surface area contributed by atoms with Crippen molar-refractivity contribution < 1.29 is 4.79 Å². The minimum Gasteiger partial charge on any atom is -0.364 e. The van der Waals surface area contributed by atoms with E-state index in [2.05, 4.69) is 25.8 Å². The second-order valence-corrected chi connectivity index (χ2v) is 5.83. The van der Waals surface area contributed by atoms with Crippen LogP contribution in [-0.4, -0.2) is 27.1 Å². The molecule has 1 amide bonds. The third kappa shape index (κ3) is 4.48. The Hall–Kier alpha value is -2.50. The maximum absolute atomic E-state index is 12.2. The minimum atomic E-state index is -0.136. The fraction of sp³-hybridized carbons (Fsp3) is 0.412. The average Bonchev–Trinajstić information content (AvgIpc) is 2.62. The van der Waals surface area contributed by atoms with Crippen LogP contribution in [0.5, 0.6) is 0 Å². The van der Waals surface area contributed by atoms with Crippen molar-refractivity contribution in [2.24, 2.45) is 0 Å². The zero-order valence-electron chi connectivity index (χ0n) is 13.0. The average molecular weight is 311 g/mol. The lowest BCUT2D eigenvalue weighted by Crippen LogP contribution is -2.36. The smallest absolute Gasteiger partial charge is 0.272 e. The minimum absolute atomic E-state index is 0.136. The first kappa shape index (κ1) is 15.4. The first-order chi connectivity index (χ1) is 11.3. The molecule has 120 valence electrons. The summed E-state index contributed by atoms with van der Waals surface area (Å²) in [7, 11) is 0. The highest BCUT2D eigenvalue weighted by atomic mass is 16.2. The van der Waals surface area contributed by atoms with Crippen molar-refractivity contribution in [3.63, 3.8) is 0 Å². The van der Waals surface area contributed by atoms with Crippen molar-refractivity contribution in [1.29, 1.82) is 0 Å². The lowest BCUT2D eigenvalue weighted by molar-refractivity contribution is 0.0921. The third-order valence-electron chi connectivity index (χ3n) is 4.03. The molecule has 3 rings (SSSR count). The van der Waals surface area contributed by atoms with Gasteiger partial charge >= 0.3 is 0 Å². The van der Waals surface area contributed by atoms with Crippen molar-refractivity contribution in [2.45, 2.75) is 44.7 Å². The number of hydrogen-bond donors (Lipinski definition) is 2. The van der Waals surface area contributed by atoms with Crippen LogP contribution in [0.1, 0.15) is 48.2 Å². The molecule has 2 aromatic rings. The van der Waals surface area contributed by atoms with Crippen LogP contribution >= 0.6 is 0 Å². The van der Waals surface area contributed by atoms with E-state index in [9.17, 15) is 4.79 Å². The van der Waals surface area contributed by atoms with Crippen LogP contribution in [0, 0.1) is 0 Å². The quantitative estimate of drug-likeness (QED) is 0.887. The number of carbonyl (C=O) groups is 1. The second-order valence-electron chi connectivity index (χ2n) is 5.83. The first-order valence-electron chi connectivity index (χ1n) is 8.08. The van der Waals surface area contributed by atoms with Gasteiger partial charge in [-0.25, -0.2) is 0 Å². The largest absolute Gasteiger partial charge is 0.364 e. The number of hydrogen-bond acceptors (Lipinski definition) is 5. The van der Waals surface area contributed by atoms with Crippen LogP contribution in [0.15, 0.2) is 36.7 Å². The summed E-state index contributed by atoms with van der Waals surface area (Å²) in [6, 6.07) is 7.64. The summed E-state index contributed by atoms with van der Waals surface area (Å²) in [5, 5.41) is 14.3. The van der Waals surface area contributed by atoms with E-state index in [0.717, 1.165) is 18.4 Å². The molecule has 2 N–H and O–H groups in total. The number of amides is 1. The molecule has 0 aliphatic heterocycles. The second kappa shape index (κ2) is 7.67. The predicted octanol–water partition coefficient (Wildman–Crippen LogP) is 2.55. The van der Waals surface area contributed by atoms with Gasteiger partial charge < -0.3 is 10.6 Å². The zero-order valence-corrected chi connectivity index (χ0v) is 13.0. The highest BCUT2D eigenvalue weighted by Gasteiger charge is 2.17. The van der Waals surface area contributed by atoms with Gasteiger partial charge in [0.25, 0.3) is 5.91 Å². The van der Waals surface area contributed by atoms with Gasteiger partial charge in [0.15, 0.2) is 5.69 Å². The van der Waals surface area contributed by atoms with E-state index >= 15 is 0 Å². The molecular weight excluding hydrogens is 290 g/mol. The van der Waals surface area contributed by atoms with Crippen LogP contribution in [0.25, 0.3) is 0 Å². The van der Waals surface area contributed by atoms with Crippen molar-refractivity contribution >= 4 is 11.7 Å². The number of rotatable bonds is 5. The van der Waals surface area contributed by atoms with Crippen LogP contribution in [-0.2, 0) is 6.54 Å². The van der Waals surface area contributed by atoms with Crippen LogP contribution in [0.2, 0.25) is 0 Å². The molecule has 2 aromatic heterocycles. The molecule has 6 nitrogen and oxygen atoms in total. The van der Waals surface area contributed by atoms with Crippen LogP contribution in [0.4, 0.5) is 5.82 Å². The molecule has 0 atom stereocenters. The summed E-state index contributed by atoms with van der Waals surface area (Å²) in [6.45, 7) is 0.621. The van der Waals surface area contributed by atoms with Gasteiger partial charge in [-0.2, -0.15) is 0 Å². The highest BCUT2D eigenvalue weighted by Crippen LogP contribution is 2.17. The molecule has 0 aromatic carbocycles. The van der Waals surface area contributed by atoms with E-state index < -0.39 is 0 Å². The topological polar surface area (TPSA) is 79.8 Å². The molecule has 1 aliphatic carbocycles. The zero-order chi connectivity index (χ0) is 15.9. The lowest BCUT2D eigenvalue weighted by Gasteiger charge is -2.22. The summed E-state index contributed by atoms with van der Waals surface area (Å²) in [6.07, 6.45) is 9.30. The molecule has 1 saturated carbocycles. The first-order valence-corrected chi connectivity index (χ1v) is 8.08. The normalized spacial score (nSPS) is 15.1. The Kier molecular flexibility index (Phi) is 5.13. The van der Waals surface area contributed by atoms with Gasteiger partial charge in [-0.05, 0) is 36.6 Å². The Morgan fingerprint density at radius 2 is 2.00 bits per heavy atom. The number of pyridine rings is 1. The van der Waals surface area contributed by atoms with Gasteiger partial charge in [0.05, 0.1) is 0 Å². The molecule has 23 heavy (non-hydrogen) atoms. The standard InChI is InChI=1S/C17H21N5O/c23-17(20-14-6-2-1-3-7-14)15-8-9-16(22-21-15)19-12-13-5-4-10-18-11-13/h4-5,8-11,14H,1-3,6-7,12H2,(H,19,22)(H,20,23). The highest BCUT2D eigenvalue weighted by molar-refractivity contribution is 5.92. The van der Waals surface area contributed by atoms with Gasteiger partial charge in [-0.3, -0.25) is 9.78 Å². The lowest BCUT2D eigenvalue weighted by atomic mass is 9.95. The summed E-state index contributed by atoms with van der Waals surface area (Å²) in [5.41, 5.74) is 1.43. The molecule has 2 heterocycles. The molecule has 1 aliphatic rings. The monoisotopic (exact) mass is 311 g/mol. The fourth-order valence-corrected chi connectivity index (χ4v) is 2.75. The summed E-state index contributed by atoms with van der Waals surface area (Å²) >= 11 is 0. The van der Waals surface area contributed by atoms with Gasteiger partial charge in [-0.1, -0.05) is 25.3 Å². The number of nitrogens with zero attached hydrogens (tertiary/aromatic N) is 3. The van der Waals surface area contributed by atoms with Crippen LogP contribution < -0.4 is 10.6 Å². The van der Waals surface area contributed by atoms with E-state index in [1.807, 2.05) is 12.1 Å². The van der Waals surface area contributed by atoms with E-state index in [4.69, 9.17) is 0 Å². The molecule has 6 heteroatoms. The van der Waals surface area contributed by atoms with Crippen LogP contribution in [0.3, 0.4) is 0 Å². The summed E-state index contributed by atoms with van der Waals surface area (Å²) in [4.78, 5) is 16.2. The number of aromatic nitrogens is 3. The van der Waals surface area contributed by atoms with Crippen molar-refractivity contribution in [2.75, 3.05) is 5.32 Å². The molecule has 0 radical (unpaired) electrons. The molecule has 0 saturated heterocycles. The molecule has 1 fully saturated rings. The Labute approximate surface area is 135 Å².